The molecule has 0 radical (unpaired) electrons. The summed E-state index contributed by atoms with van der Waals surface area (Å²) in [6.07, 6.45) is 12.8. The average Bonchev–Trinajstić information content (AvgIpc) is 3.67. The molecule has 4 saturated heterocycles. The molecule has 6 rings (SSSR count). The van der Waals surface area contributed by atoms with Crippen molar-refractivity contribution in [1.29, 1.82) is 0 Å². The lowest BCUT2D eigenvalue weighted by Gasteiger charge is -2.23. The van der Waals surface area contributed by atoms with Crippen molar-refractivity contribution in [3.05, 3.63) is 35.5 Å². The number of hydrogen-bond acceptors (Lipinski definition) is 7. The molecule has 7 nitrogen and oxygen atoms in total. The average molecular weight is 542 g/mol. The van der Waals surface area contributed by atoms with Gasteiger partial charge in [-0.25, -0.2) is 4.79 Å². The van der Waals surface area contributed by atoms with Crippen molar-refractivity contribution in [3.63, 3.8) is 0 Å². The predicted octanol–water partition coefficient (Wildman–Crippen LogP) is 5.15. The number of esters is 2. The number of fused-ring (bicyclic) bond motifs is 6. The highest BCUT2D eigenvalue weighted by Crippen LogP contribution is 2.51. The fourth-order valence-electron chi connectivity index (χ4n) is 7.15. The summed E-state index contributed by atoms with van der Waals surface area (Å²) in [6, 6.07) is 0. The Labute approximate surface area is 233 Å². The zero-order valence-electron chi connectivity index (χ0n) is 24.7. The number of rotatable bonds is 2. The van der Waals surface area contributed by atoms with Crippen molar-refractivity contribution in [2.24, 2.45) is 17.8 Å². The highest BCUT2D eigenvalue weighted by molar-refractivity contribution is 5.91. The third-order valence-electron chi connectivity index (χ3n) is 9.87. The molecule has 0 saturated carbocycles. The molecule has 0 spiro atoms. The van der Waals surface area contributed by atoms with E-state index in [2.05, 4.69) is 51.3 Å². The largest absolute Gasteiger partial charge is 0.459 e. The molecule has 216 valence electrons. The molecule has 6 aliphatic rings. The van der Waals surface area contributed by atoms with Crippen LogP contribution in [-0.4, -0.2) is 73.1 Å². The highest BCUT2D eigenvalue weighted by Gasteiger charge is 2.63. The van der Waals surface area contributed by atoms with Crippen molar-refractivity contribution in [2.75, 3.05) is 20.6 Å². The number of ether oxygens (including phenoxy) is 4. The van der Waals surface area contributed by atoms with E-state index in [1.54, 1.807) is 0 Å². The van der Waals surface area contributed by atoms with Gasteiger partial charge in [0.25, 0.3) is 0 Å². The second-order valence-corrected chi connectivity index (χ2v) is 13.4. The molecule has 4 heterocycles. The molecular weight excluding hydrogens is 494 g/mol. The van der Waals surface area contributed by atoms with Gasteiger partial charge in [-0.1, -0.05) is 29.9 Å². The van der Waals surface area contributed by atoms with Gasteiger partial charge in [0.15, 0.2) is 0 Å². The minimum absolute atomic E-state index is 0.00863. The minimum atomic E-state index is -0.233. The van der Waals surface area contributed by atoms with E-state index in [1.165, 1.54) is 11.1 Å². The van der Waals surface area contributed by atoms with Crippen LogP contribution in [0.2, 0.25) is 0 Å². The van der Waals surface area contributed by atoms with Crippen LogP contribution in [0.25, 0.3) is 0 Å². The second-order valence-electron chi connectivity index (χ2n) is 13.4. The summed E-state index contributed by atoms with van der Waals surface area (Å²) in [6.45, 7) is 13.3. The highest BCUT2D eigenvalue weighted by atomic mass is 16.7. The first kappa shape index (κ1) is 28.6. The van der Waals surface area contributed by atoms with Crippen LogP contribution in [0.5, 0.6) is 0 Å². The fourth-order valence-corrected chi connectivity index (χ4v) is 7.15. The van der Waals surface area contributed by atoms with Crippen LogP contribution in [0.3, 0.4) is 0 Å². The van der Waals surface area contributed by atoms with Gasteiger partial charge in [0.2, 0.25) is 0 Å². The number of allylic oxidation sites excluding steroid dienone is 4. The third kappa shape index (κ3) is 5.91. The quantitative estimate of drug-likeness (QED) is 0.207. The van der Waals surface area contributed by atoms with Crippen molar-refractivity contribution in [1.82, 2.24) is 4.90 Å². The van der Waals surface area contributed by atoms with E-state index in [4.69, 9.17) is 18.9 Å². The molecule has 0 bridgehead atoms. The van der Waals surface area contributed by atoms with Crippen molar-refractivity contribution in [2.45, 2.75) is 115 Å². The molecular formula is C32H47NO6. The Hall–Kier alpha value is -1.96. The predicted molar refractivity (Wildman–Crippen MR) is 149 cm³/mol. The van der Waals surface area contributed by atoms with Gasteiger partial charge in [0.05, 0.1) is 17.1 Å². The number of epoxide rings is 2. The van der Waals surface area contributed by atoms with Crippen LogP contribution in [-0.2, 0) is 28.5 Å². The topological polar surface area (TPSA) is 80.9 Å². The maximum Gasteiger partial charge on any atom is 0.334 e. The third-order valence-corrected chi connectivity index (χ3v) is 9.87. The maximum absolute atomic E-state index is 12.3. The van der Waals surface area contributed by atoms with E-state index in [1.807, 2.05) is 14.1 Å². The van der Waals surface area contributed by atoms with E-state index >= 15 is 0 Å². The minimum Gasteiger partial charge on any atom is -0.459 e. The Morgan fingerprint density at radius 2 is 1.46 bits per heavy atom. The lowest BCUT2D eigenvalue weighted by atomic mass is 9.80. The Bertz CT molecular complexity index is 1060. The Kier molecular flexibility index (Phi) is 7.90. The number of hydrogen-bond donors (Lipinski definition) is 0. The van der Waals surface area contributed by atoms with Gasteiger partial charge < -0.3 is 23.8 Å². The van der Waals surface area contributed by atoms with Crippen molar-refractivity contribution in [3.8, 4) is 0 Å². The molecule has 2 aliphatic carbocycles. The maximum atomic E-state index is 12.3. The van der Waals surface area contributed by atoms with Gasteiger partial charge in [0, 0.05) is 24.0 Å². The smallest absolute Gasteiger partial charge is 0.334 e. The lowest BCUT2D eigenvalue weighted by molar-refractivity contribution is -0.145. The Morgan fingerprint density at radius 3 is 2.05 bits per heavy atom. The summed E-state index contributed by atoms with van der Waals surface area (Å²) < 4.78 is 23.0. The summed E-state index contributed by atoms with van der Waals surface area (Å²) in [5, 5.41) is 0. The van der Waals surface area contributed by atoms with E-state index in [0.717, 1.165) is 57.9 Å². The van der Waals surface area contributed by atoms with Crippen molar-refractivity contribution < 1.29 is 28.5 Å². The van der Waals surface area contributed by atoms with Gasteiger partial charge >= 0.3 is 11.9 Å². The van der Waals surface area contributed by atoms with E-state index in [0.29, 0.717) is 5.57 Å². The fraction of sp³-hybridized carbons (Fsp3) is 0.750. The van der Waals surface area contributed by atoms with Crippen LogP contribution in [0.1, 0.15) is 79.1 Å². The summed E-state index contributed by atoms with van der Waals surface area (Å²) in [4.78, 5) is 26.1. The normalized spacial score (nSPS) is 45.9. The van der Waals surface area contributed by atoms with E-state index < -0.39 is 0 Å². The summed E-state index contributed by atoms with van der Waals surface area (Å²) in [7, 11) is 4.04. The first-order valence-corrected chi connectivity index (χ1v) is 14.8. The molecule has 0 aromatic carbocycles. The standard InChI is InChI=1S/C17H27NO3.C15H20O3/c1-11-6-5-9-17(2)15(21-17)14-12(8-7-11)13(10-18(3)4)16(19)20-14;1-9-5-4-8-15(3)13(18-15)12-11(7-6-9)10(2)14(16)17-12/h6,12-15H,5,7-10H2,1-4H3;5,11-13H,2,4,6-8H2,1,3H3/b11-6+;9-5+/t12-,13-,14-,15+,17+;11-,12-,13+,15+/m00/s1. The first-order valence-electron chi connectivity index (χ1n) is 14.8. The Morgan fingerprint density at radius 1 is 0.897 bits per heavy atom. The van der Waals surface area contributed by atoms with Gasteiger partial charge in [-0.05, 0) is 93.2 Å². The van der Waals surface area contributed by atoms with Crippen LogP contribution in [0.4, 0.5) is 0 Å². The summed E-state index contributed by atoms with van der Waals surface area (Å²) in [5.74, 6) is 0.144. The number of carbonyl (C=O) groups is 2. The lowest BCUT2D eigenvalue weighted by Crippen LogP contribution is -2.34. The molecule has 4 fully saturated rings. The van der Waals surface area contributed by atoms with Crippen LogP contribution in [0, 0.1) is 17.8 Å². The monoisotopic (exact) mass is 541 g/mol. The van der Waals surface area contributed by atoms with Crippen LogP contribution < -0.4 is 0 Å². The van der Waals surface area contributed by atoms with Crippen LogP contribution in [0.15, 0.2) is 35.5 Å². The summed E-state index contributed by atoms with van der Waals surface area (Å²) >= 11 is 0. The van der Waals surface area contributed by atoms with E-state index in [9.17, 15) is 9.59 Å². The molecule has 7 heteroatoms. The van der Waals surface area contributed by atoms with Crippen LogP contribution >= 0.6 is 0 Å². The van der Waals surface area contributed by atoms with Crippen molar-refractivity contribution >= 4 is 11.9 Å². The number of carbonyl (C=O) groups excluding carboxylic acids is 2. The molecule has 9 atom stereocenters. The molecule has 0 amide bonds. The zero-order chi connectivity index (χ0) is 28.1. The SMILES string of the molecule is C/C1=C\CC[C@@]2(C)O[C@@H]2[C@H]2OC(=O)[C@@H](CN(C)C)[C@@H]2CC1.C=C1C(=O)O[C@@H]2[C@H]3O[C@]3(C)CC/C=C(\C)CC[C@@H]12. The van der Waals surface area contributed by atoms with Gasteiger partial charge in [-0.2, -0.15) is 0 Å². The molecule has 0 N–H and O–H groups in total. The first-order chi connectivity index (χ1) is 18.4. The molecule has 39 heavy (non-hydrogen) atoms. The van der Waals surface area contributed by atoms with Gasteiger partial charge in [0.1, 0.15) is 24.4 Å². The Balaban J connectivity index is 0.000000160. The van der Waals surface area contributed by atoms with Gasteiger partial charge in [-0.3, -0.25) is 4.79 Å². The molecule has 4 aliphatic heterocycles. The zero-order valence-corrected chi connectivity index (χ0v) is 24.7. The second kappa shape index (κ2) is 10.8. The molecule has 0 unspecified atom stereocenters. The molecule has 0 aromatic heterocycles. The van der Waals surface area contributed by atoms with E-state index in [-0.39, 0.29) is 65.3 Å². The summed E-state index contributed by atoms with van der Waals surface area (Å²) in [5.41, 5.74) is 3.25. The molecule has 0 aromatic rings. The van der Waals surface area contributed by atoms with Gasteiger partial charge in [-0.15, -0.1) is 0 Å². The number of nitrogens with zero attached hydrogens (tertiary/aromatic N) is 1.